The van der Waals surface area contributed by atoms with Crippen molar-refractivity contribution in [1.29, 1.82) is 0 Å². The molecule has 1 atom stereocenters. The van der Waals surface area contributed by atoms with Crippen molar-refractivity contribution in [1.82, 2.24) is 15.5 Å². The molecule has 1 aromatic carbocycles. The van der Waals surface area contributed by atoms with Crippen molar-refractivity contribution in [3.8, 4) is 0 Å². The van der Waals surface area contributed by atoms with Crippen molar-refractivity contribution in [3.05, 3.63) is 35.1 Å². The molecule has 0 aromatic heterocycles. The summed E-state index contributed by atoms with van der Waals surface area (Å²) in [6.45, 7) is 6.82. The summed E-state index contributed by atoms with van der Waals surface area (Å²) in [5.74, 6) is 0.362. The summed E-state index contributed by atoms with van der Waals surface area (Å²) in [5, 5.41) is 6.52. The van der Waals surface area contributed by atoms with Gasteiger partial charge in [0, 0.05) is 26.7 Å². The molecular formula is C18H30FIN4O. The molecule has 0 bridgehead atoms. The number of carbonyl (C=O) groups is 1. The van der Waals surface area contributed by atoms with E-state index in [-0.39, 0.29) is 48.3 Å². The minimum absolute atomic E-state index is 0. The van der Waals surface area contributed by atoms with Crippen LogP contribution in [0, 0.1) is 12.7 Å². The second kappa shape index (κ2) is 12.1. The average Bonchev–Trinajstić information content (AvgIpc) is 2.53. The maximum Gasteiger partial charge on any atom is 0.243 e. The van der Waals surface area contributed by atoms with Crippen molar-refractivity contribution in [2.45, 2.75) is 39.7 Å². The predicted octanol–water partition coefficient (Wildman–Crippen LogP) is 2.72. The topological polar surface area (TPSA) is 56.7 Å². The number of nitrogens with one attached hydrogen (secondary N) is 2. The molecule has 1 aromatic rings. The van der Waals surface area contributed by atoms with E-state index in [4.69, 9.17) is 0 Å². The summed E-state index contributed by atoms with van der Waals surface area (Å²) in [5.41, 5.74) is 2.03. The summed E-state index contributed by atoms with van der Waals surface area (Å²) >= 11 is 0. The molecule has 142 valence electrons. The van der Waals surface area contributed by atoms with Crippen LogP contribution < -0.4 is 10.6 Å². The van der Waals surface area contributed by atoms with E-state index in [1.165, 1.54) is 17.0 Å². The largest absolute Gasteiger partial charge is 0.356 e. The number of benzene rings is 1. The first-order valence-corrected chi connectivity index (χ1v) is 8.33. The van der Waals surface area contributed by atoms with Crippen LogP contribution in [0.1, 0.15) is 31.4 Å². The molecule has 7 heteroatoms. The highest BCUT2D eigenvalue weighted by Gasteiger charge is 2.07. The summed E-state index contributed by atoms with van der Waals surface area (Å²) in [6.07, 6.45) is 1.72. The van der Waals surface area contributed by atoms with Crippen LogP contribution in [-0.2, 0) is 11.2 Å². The first-order valence-electron chi connectivity index (χ1n) is 8.33. The normalized spacial score (nSPS) is 12.2. The zero-order valence-corrected chi connectivity index (χ0v) is 18.1. The summed E-state index contributed by atoms with van der Waals surface area (Å²) in [6, 6.07) is 5.08. The van der Waals surface area contributed by atoms with Gasteiger partial charge in [0.15, 0.2) is 5.96 Å². The lowest BCUT2D eigenvalue weighted by atomic mass is 10.1. The first-order chi connectivity index (χ1) is 11.3. The Balaban J connectivity index is 0.00000576. The zero-order chi connectivity index (χ0) is 18.1. The molecule has 0 spiro atoms. The standard InChI is InChI=1S/C18H29FN4O.HI/c1-6-14(3)22-18(21-12-17(24)23(4)5)20-10-9-15-7-8-16(19)11-13(15)2;/h7-8,11,14H,6,9-10,12H2,1-5H3,(H2,20,21,22);1H. The third-order valence-corrected chi connectivity index (χ3v) is 3.86. The maximum absolute atomic E-state index is 13.1. The number of rotatable bonds is 7. The monoisotopic (exact) mass is 464 g/mol. The molecular weight excluding hydrogens is 434 g/mol. The number of hydrogen-bond donors (Lipinski definition) is 2. The molecule has 1 amide bonds. The van der Waals surface area contributed by atoms with Crippen molar-refractivity contribution in [2.24, 2.45) is 4.99 Å². The average molecular weight is 464 g/mol. The van der Waals surface area contributed by atoms with Crippen LogP contribution >= 0.6 is 24.0 Å². The number of amides is 1. The molecule has 0 aliphatic heterocycles. The number of guanidine groups is 1. The smallest absolute Gasteiger partial charge is 0.243 e. The van der Waals surface area contributed by atoms with E-state index in [2.05, 4.69) is 29.5 Å². The Morgan fingerprint density at radius 2 is 2.04 bits per heavy atom. The number of hydrogen-bond acceptors (Lipinski definition) is 2. The Bertz CT molecular complexity index is 578. The van der Waals surface area contributed by atoms with Crippen molar-refractivity contribution >= 4 is 35.8 Å². The van der Waals surface area contributed by atoms with Crippen LogP contribution in [0.15, 0.2) is 23.2 Å². The van der Waals surface area contributed by atoms with Gasteiger partial charge in [0.1, 0.15) is 12.4 Å². The van der Waals surface area contributed by atoms with Crippen molar-refractivity contribution in [3.63, 3.8) is 0 Å². The minimum atomic E-state index is -0.216. The van der Waals surface area contributed by atoms with Gasteiger partial charge in [0.2, 0.25) is 5.91 Å². The lowest BCUT2D eigenvalue weighted by molar-refractivity contribution is -0.127. The van der Waals surface area contributed by atoms with Gasteiger partial charge in [-0.3, -0.25) is 4.79 Å². The summed E-state index contributed by atoms with van der Waals surface area (Å²) in [7, 11) is 3.43. The van der Waals surface area contributed by atoms with Gasteiger partial charge in [-0.15, -0.1) is 24.0 Å². The van der Waals surface area contributed by atoms with E-state index < -0.39 is 0 Å². The minimum Gasteiger partial charge on any atom is -0.356 e. The predicted molar refractivity (Wildman–Crippen MR) is 112 cm³/mol. The van der Waals surface area contributed by atoms with Crippen LogP contribution in [-0.4, -0.2) is 50.0 Å². The van der Waals surface area contributed by atoms with E-state index in [0.717, 1.165) is 24.0 Å². The second-order valence-electron chi connectivity index (χ2n) is 6.15. The van der Waals surface area contributed by atoms with Crippen LogP contribution in [0.25, 0.3) is 0 Å². The molecule has 0 radical (unpaired) electrons. The Morgan fingerprint density at radius 1 is 1.36 bits per heavy atom. The first kappa shape index (κ1) is 23.6. The Labute approximate surface area is 167 Å². The third-order valence-electron chi connectivity index (χ3n) is 3.86. The molecule has 5 nitrogen and oxygen atoms in total. The number of carbonyl (C=O) groups excluding carboxylic acids is 1. The van der Waals surface area contributed by atoms with Gasteiger partial charge in [-0.25, -0.2) is 9.38 Å². The van der Waals surface area contributed by atoms with Gasteiger partial charge < -0.3 is 15.5 Å². The zero-order valence-electron chi connectivity index (χ0n) is 15.7. The SMILES string of the molecule is CCC(C)NC(=NCC(=O)N(C)C)NCCc1ccc(F)cc1C.I. The Hall–Kier alpha value is -1.38. The molecule has 0 heterocycles. The molecule has 0 aliphatic carbocycles. The van der Waals surface area contributed by atoms with Crippen LogP contribution in [0.4, 0.5) is 4.39 Å². The summed E-state index contributed by atoms with van der Waals surface area (Å²) < 4.78 is 13.1. The lowest BCUT2D eigenvalue weighted by Gasteiger charge is -2.18. The molecule has 25 heavy (non-hydrogen) atoms. The molecule has 1 unspecified atom stereocenters. The third kappa shape index (κ3) is 9.04. The fourth-order valence-corrected chi connectivity index (χ4v) is 2.03. The Kier molecular flexibility index (Phi) is 11.4. The van der Waals surface area contributed by atoms with Gasteiger partial charge >= 0.3 is 0 Å². The fourth-order valence-electron chi connectivity index (χ4n) is 2.03. The maximum atomic E-state index is 13.1. The highest BCUT2D eigenvalue weighted by molar-refractivity contribution is 14.0. The van der Waals surface area contributed by atoms with Gasteiger partial charge in [-0.05, 0) is 49.9 Å². The highest BCUT2D eigenvalue weighted by atomic mass is 127. The van der Waals surface area contributed by atoms with E-state index >= 15 is 0 Å². The number of aliphatic imine (C=N–C) groups is 1. The molecule has 2 N–H and O–H groups in total. The van der Waals surface area contributed by atoms with Crippen molar-refractivity contribution < 1.29 is 9.18 Å². The van der Waals surface area contributed by atoms with Gasteiger partial charge in [0.05, 0.1) is 0 Å². The van der Waals surface area contributed by atoms with Gasteiger partial charge in [0.25, 0.3) is 0 Å². The number of aryl methyl sites for hydroxylation is 1. The molecule has 0 aliphatic rings. The van der Waals surface area contributed by atoms with E-state index in [1.54, 1.807) is 20.2 Å². The molecule has 1 rings (SSSR count). The van der Waals surface area contributed by atoms with Crippen LogP contribution in [0.5, 0.6) is 0 Å². The summed E-state index contributed by atoms with van der Waals surface area (Å²) in [4.78, 5) is 17.6. The number of likely N-dealkylation sites (N-methyl/N-ethyl adjacent to an activating group) is 1. The van der Waals surface area contributed by atoms with E-state index in [9.17, 15) is 9.18 Å². The number of nitrogens with zero attached hydrogens (tertiary/aromatic N) is 2. The Morgan fingerprint density at radius 3 is 2.60 bits per heavy atom. The fraction of sp³-hybridized carbons (Fsp3) is 0.556. The molecule has 0 saturated heterocycles. The second-order valence-corrected chi connectivity index (χ2v) is 6.15. The molecule has 0 saturated carbocycles. The quantitative estimate of drug-likeness (QED) is 0.371. The van der Waals surface area contributed by atoms with Gasteiger partial charge in [-0.2, -0.15) is 0 Å². The van der Waals surface area contributed by atoms with Crippen LogP contribution in [0.2, 0.25) is 0 Å². The highest BCUT2D eigenvalue weighted by Crippen LogP contribution is 2.10. The van der Waals surface area contributed by atoms with Gasteiger partial charge in [-0.1, -0.05) is 13.0 Å². The van der Waals surface area contributed by atoms with Crippen LogP contribution in [0.3, 0.4) is 0 Å². The molecule has 0 fully saturated rings. The lowest BCUT2D eigenvalue weighted by Crippen LogP contribution is -2.43. The van der Waals surface area contributed by atoms with E-state index in [1.807, 2.05) is 6.92 Å². The van der Waals surface area contributed by atoms with Crippen molar-refractivity contribution in [2.75, 3.05) is 27.2 Å². The number of halogens is 2. The van der Waals surface area contributed by atoms with E-state index in [0.29, 0.717) is 12.5 Å².